The van der Waals surface area contributed by atoms with Crippen molar-refractivity contribution in [2.45, 2.75) is 45.6 Å². The number of carbonyl (C=O) groups is 2. The van der Waals surface area contributed by atoms with Gasteiger partial charge in [0.2, 0.25) is 5.91 Å². The van der Waals surface area contributed by atoms with Gasteiger partial charge in [-0.25, -0.2) is 5.43 Å². The van der Waals surface area contributed by atoms with Gasteiger partial charge in [0.25, 0.3) is 6.01 Å². The van der Waals surface area contributed by atoms with Crippen LogP contribution in [-0.4, -0.2) is 35.0 Å². The molecule has 1 fully saturated rings. The summed E-state index contributed by atoms with van der Waals surface area (Å²) < 4.78 is 6.00. The number of rotatable bonds is 3. The number of piperidine rings is 1. The van der Waals surface area contributed by atoms with Crippen LogP contribution in [0.15, 0.2) is 27.7 Å². The Morgan fingerprint density at radius 2 is 2.19 bits per heavy atom. The number of aromatic nitrogens is 1. The quantitative estimate of drug-likeness (QED) is 0.915. The van der Waals surface area contributed by atoms with Crippen molar-refractivity contribution in [1.29, 1.82) is 0 Å². The van der Waals surface area contributed by atoms with Crippen molar-refractivity contribution in [3.05, 3.63) is 23.8 Å². The molecule has 1 aromatic carbocycles. The highest BCUT2D eigenvalue weighted by atomic mass is 16.4. The van der Waals surface area contributed by atoms with Crippen LogP contribution in [-0.2, 0) is 9.59 Å². The molecule has 7 heteroatoms. The van der Waals surface area contributed by atoms with Gasteiger partial charge in [-0.1, -0.05) is 13.0 Å². The van der Waals surface area contributed by atoms with Crippen molar-refractivity contribution < 1.29 is 14.0 Å². The topological polar surface area (TPSA) is 87.8 Å². The van der Waals surface area contributed by atoms with Crippen molar-refractivity contribution in [3.63, 3.8) is 0 Å². The Morgan fingerprint density at radius 3 is 2.96 bits per heavy atom. The van der Waals surface area contributed by atoms with E-state index in [1.54, 1.807) is 6.92 Å². The maximum Gasteiger partial charge on any atom is 0.298 e. The normalized spacial score (nSPS) is 23.7. The molecular weight excluding hydrogens is 332 g/mol. The molecule has 26 heavy (non-hydrogen) atoms. The van der Waals surface area contributed by atoms with Crippen molar-refractivity contribution in [2.75, 3.05) is 11.4 Å². The third kappa shape index (κ3) is 2.98. The van der Waals surface area contributed by atoms with Gasteiger partial charge >= 0.3 is 0 Å². The minimum absolute atomic E-state index is 0.0489. The molecule has 0 radical (unpaired) electrons. The van der Waals surface area contributed by atoms with Gasteiger partial charge in [-0.3, -0.25) is 9.59 Å². The summed E-state index contributed by atoms with van der Waals surface area (Å²) in [5.41, 5.74) is 5.71. The summed E-state index contributed by atoms with van der Waals surface area (Å²) >= 11 is 0. The van der Waals surface area contributed by atoms with Crippen LogP contribution in [0.4, 0.5) is 6.01 Å². The first-order chi connectivity index (χ1) is 12.5. The molecule has 2 unspecified atom stereocenters. The number of Topliss-reactive ketones (excluding diaryl/α,β-unsaturated/α-hetero) is 1. The standard InChI is InChI=1S/C19H22N4O3/c1-11-9-17(25)21-22-18(11)13-6-7-14-16(10-13)26-19(20-14)23-8-4-3-5-15(23)12(2)24/h6-7,10-11,15H,3-5,8-9H2,1-2H3,(H,21,25). The fourth-order valence-corrected chi connectivity index (χ4v) is 3.78. The van der Waals surface area contributed by atoms with E-state index in [9.17, 15) is 9.59 Å². The number of benzene rings is 1. The fraction of sp³-hybridized carbons (Fsp3) is 0.474. The second kappa shape index (κ2) is 6.55. The molecule has 0 saturated carbocycles. The lowest BCUT2D eigenvalue weighted by Gasteiger charge is -2.32. The first-order valence-electron chi connectivity index (χ1n) is 9.07. The van der Waals surface area contributed by atoms with E-state index in [4.69, 9.17) is 4.42 Å². The van der Waals surface area contributed by atoms with Crippen molar-refractivity contribution >= 4 is 34.5 Å². The average Bonchev–Trinajstić information content (AvgIpc) is 3.04. The van der Waals surface area contributed by atoms with Crippen molar-refractivity contribution in [1.82, 2.24) is 10.4 Å². The van der Waals surface area contributed by atoms with Crippen LogP contribution in [0, 0.1) is 5.92 Å². The molecule has 0 bridgehead atoms. The van der Waals surface area contributed by atoms with Gasteiger partial charge in [0.1, 0.15) is 5.52 Å². The molecule has 0 spiro atoms. The summed E-state index contributed by atoms with van der Waals surface area (Å²) in [4.78, 5) is 30.0. The maximum absolute atomic E-state index is 12.0. The smallest absolute Gasteiger partial charge is 0.298 e. The zero-order chi connectivity index (χ0) is 18.3. The number of carbonyl (C=O) groups excluding carboxylic acids is 2. The predicted octanol–water partition coefficient (Wildman–Crippen LogP) is 2.64. The molecule has 1 N–H and O–H groups in total. The van der Waals surface area contributed by atoms with Crippen molar-refractivity contribution in [2.24, 2.45) is 11.0 Å². The number of hydrogen-bond donors (Lipinski definition) is 1. The van der Waals surface area contributed by atoms with E-state index in [0.29, 0.717) is 18.0 Å². The molecular formula is C19H22N4O3. The highest BCUT2D eigenvalue weighted by molar-refractivity contribution is 6.07. The van der Waals surface area contributed by atoms with E-state index >= 15 is 0 Å². The van der Waals surface area contributed by atoms with Gasteiger partial charge < -0.3 is 9.32 Å². The number of fused-ring (bicyclic) bond motifs is 1. The molecule has 1 amide bonds. The number of hydrogen-bond acceptors (Lipinski definition) is 6. The molecule has 0 aliphatic carbocycles. The van der Waals surface area contributed by atoms with E-state index in [0.717, 1.165) is 42.6 Å². The van der Waals surface area contributed by atoms with Crippen LogP contribution in [0.5, 0.6) is 0 Å². The zero-order valence-corrected chi connectivity index (χ0v) is 15.0. The number of nitrogens with one attached hydrogen (secondary N) is 1. The summed E-state index contributed by atoms with van der Waals surface area (Å²) in [6.07, 6.45) is 3.34. The van der Waals surface area contributed by atoms with E-state index in [1.807, 2.05) is 30.0 Å². The third-order valence-electron chi connectivity index (χ3n) is 5.15. The largest absolute Gasteiger partial charge is 0.423 e. The van der Waals surface area contributed by atoms with Gasteiger partial charge in [-0.2, -0.15) is 10.1 Å². The molecule has 1 aromatic heterocycles. The number of anilines is 1. The average molecular weight is 354 g/mol. The molecule has 1 saturated heterocycles. The highest BCUT2D eigenvalue weighted by Gasteiger charge is 2.30. The Balaban J connectivity index is 1.68. The molecule has 3 heterocycles. The summed E-state index contributed by atoms with van der Waals surface area (Å²) in [6, 6.07) is 6.10. The lowest BCUT2D eigenvalue weighted by molar-refractivity contribution is -0.122. The molecule has 2 aliphatic heterocycles. The lowest BCUT2D eigenvalue weighted by atomic mass is 9.94. The number of hydrazone groups is 1. The number of ketones is 1. The summed E-state index contributed by atoms with van der Waals surface area (Å²) in [5.74, 6) is 0.131. The molecule has 4 rings (SSSR count). The first-order valence-corrected chi connectivity index (χ1v) is 9.07. The monoisotopic (exact) mass is 354 g/mol. The highest BCUT2D eigenvalue weighted by Crippen LogP contribution is 2.29. The number of nitrogens with zero attached hydrogens (tertiary/aromatic N) is 3. The van der Waals surface area contributed by atoms with Gasteiger partial charge in [0.05, 0.1) is 11.8 Å². The first kappa shape index (κ1) is 16.8. The van der Waals surface area contributed by atoms with Crippen LogP contribution in [0.25, 0.3) is 11.1 Å². The third-order valence-corrected chi connectivity index (χ3v) is 5.15. The SMILES string of the molecule is CC(=O)C1CCCCN1c1nc2ccc(C3=NNC(=O)CC3C)cc2o1. The van der Waals surface area contributed by atoms with Crippen LogP contribution < -0.4 is 10.3 Å². The van der Waals surface area contributed by atoms with Gasteiger partial charge in [-0.05, 0) is 38.3 Å². The Hall–Kier alpha value is -2.70. The maximum atomic E-state index is 12.0. The van der Waals surface area contributed by atoms with Crippen LogP contribution in [0.1, 0.15) is 45.1 Å². The summed E-state index contributed by atoms with van der Waals surface area (Å²) in [6.45, 7) is 4.39. The van der Waals surface area contributed by atoms with Gasteiger partial charge in [0.15, 0.2) is 11.4 Å². The summed E-state index contributed by atoms with van der Waals surface area (Å²) in [7, 11) is 0. The van der Waals surface area contributed by atoms with E-state index in [-0.39, 0.29) is 23.7 Å². The molecule has 136 valence electrons. The second-order valence-corrected chi connectivity index (χ2v) is 7.13. The Morgan fingerprint density at radius 1 is 1.35 bits per heavy atom. The van der Waals surface area contributed by atoms with Crippen LogP contribution in [0.3, 0.4) is 0 Å². The molecule has 2 aliphatic rings. The number of amides is 1. The number of oxazole rings is 1. The lowest BCUT2D eigenvalue weighted by Crippen LogP contribution is -2.44. The minimum Gasteiger partial charge on any atom is -0.423 e. The minimum atomic E-state index is -0.158. The van der Waals surface area contributed by atoms with Crippen LogP contribution >= 0.6 is 0 Å². The Kier molecular flexibility index (Phi) is 4.22. The second-order valence-electron chi connectivity index (χ2n) is 7.13. The van der Waals surface area contributed by atoms with E-state index < -0.39 is 0 Å². The van der Waals surface area contributed by atoms with E-state index in [1.165, 1.54) is 0 Å². The molecule has 2 atom stereocenters. The predicted molar refractivity (Wildman–Crippen MR) is 98.1 cm³/mol. The Labute approximate surface area is 151 Å². The molecule has 2 aromatic rings. The molecule has 7 nitrogen and oxygen atoms in total. The van der Waals surface area contributed by atoms with Crippen molar-refractivity contribution in [3.8, 4) is 0 Å². The van der Waals surface area contributed by atoms with Crippen LogP contribution in [0.2, 0.25) is 0 Å². The summed E-state index contributed by atoms with van der Waals surface area (Å²) in [5, 5.41) is 4.20. The fourth-order valence-electron chi connectivity index (χ4n) is 3.78. The van der Waals surface area contributed by atoms with Gasteiger partial charge in [0, 0.05) is 24.4 Å². The van der Waals surface area contributed by atoms with Gasteiger partial charge in [-0.15, -0.1) is 0 Å². The zero-order valence-electron chi connectivity index (χ0n) is 15.0. The Bertz CT molecular complexity index is 901. The van der Waals surface area contributed by atoms with E-state index in [2.05, 4.69) is 15.5 Å².